The van der Waals surface area contributed by atoms with Crippen LogP contribution in [0.4, 0.5) is 10.6 Å². The lowest BCUT2D eigenvalue weighted by atomic mass is 9.93. The monoisotopic (exact) mass is 464 g/mol. The number of rotatable bonds is 9. The Balaban J connectivity index is 1.84. The van der Waals surface area contributed by atoms with E-state index in [0.29, 0.717) is 17.8 Å². The summed E-state index contributed by atoms with van der Waals surface area (Å²) < 4.78 is 18.1. The molecule has 11 nitrogen and oxygen atoms in total. The minimum Gasteiger partial charge on any atom is -0.456 e. The van der Waals surface area contributed by atoms with Crippen molar-refractivity contribution in [3.05, 3.63) is 24.2 Å². The first kappa shape index (κ1) is 24.9. The van der Waals surface area contributed by atoms with Gasteiger partial charge in [0.2, 0.25) is 0 Å². The maximum atomic E-state index is 12.1. The van der Waals surface area contributed by atoms with Gasteiger partial charge in [0.25, 0.3) is 0 Å². The molecule has 4 atom stereocenters. The van der Waals surface area contributed by atoms with Gasteiger partial charge < -0.3 is 24.4 Å². The van der Waals surface area contributed by atoms with E-state index in [-0.39, 0.29) is 5.82 Å². The second-order valence-corrected chi connectivity index (χ2v) is 8.54. The number of carbonyl (C=O) groups is 2. The minimum absolute atomic E-state index is 0.231. The molecule has 3 heterocycles. The second-order valence-electron chi connectivity index (χ2n) is 8.54. The number of esters is 1. The lowest BCUT2D eigenvalue weighted by molar-refractivity contribution is -0.160. The van der Waals surface area contributed by atoms with Crippen molar-refractivity contribution in [2.24, 2.45) is 5.92 Å². The Kier molecular flexibility index (Phi) is 7.88. The largest absolute Gasteiger partial charge is 0.456 e. The van der Waals surface area contributed by atoms with Crippen LogP contribution in [-0.4, -0.2) is 68.4 Å². The van der Waals surface area contributed by atoms with Crippen LogP contribution in [0.2, 0.25) is 0 Å². The van der Waals surface area contributed by atoms with Gasteiger partial charge >= 0.3 is 12.1 Å². The highest BCUT2D eigenvalue weighted by atomic mass is 16.6. The molecule has 182 valence electrons. The molecule has 1 fully saturated rings. The highest BCUT2D eigenvalue weighted by Crippen LogP contribution is 2.41. The third-order valence-corrected chi connectivity index (χ3v) is 5.70. The van der Waals surface area contributed by atoms with E-state index < -0.39 is 48.5 Å². The number of unbranched alkanes of at least 4 members (excludes halogenated alkanes) is 2. The van der Waals surface area contributed by atoms with Crippen LogP contribution < -0.4 is 5.32 Å². The van der Waals surface area contributed by atoms with Crippen molar-refractivity contribution in [2.75, 3.05) is 18.5 Å². The van der Waals surface area contributed by atoms with Crippen LogP contribution in [0.3, 0.4) is 0 Å². The highest BCUT2D eigenvalue weighted by Gasteiger charge is 2.55. The number of nitrogens with zero attached hydrogens (tertiary/aromatic N) is 3. The van der Waals surface area contributed by atoms with Crippen molar-refractivity contribution < 1.29 is 34.0 Å². The fraction of sp³-hybridized carbons (Fsp3) is 0.636. The zero-order chi connectivity index (χ0) is 24.2. The van der Waals surface area contributed by atoms with Crippen molar-refractivity contribution in [3.63, 3.8) is 0 Å². The van der Waals surface area contributed by atoms with Gasteiger partial charge in [-0.25, -0.2) is 14.3 Å². The summed E-state index contributed by atoms with van der Waals surface area (Å²) >= 11 is 0. The summed E-state index contributed by atoms with van der Waals surface area (Å²) in [7, 11) is 0. The Labute approximate surface area is 192 Å². The summed E-state index contributed by atoms with van der Waals surface area (Å²) in [6.07, 6.45) is 0.147. The van der Waals surface area contributed by atoms with E-state index in [9.17, 15) is 19.8 Å². The summed E-state index contributed by atoms with van der Waals surface area (Å²) in [5.74, 6) is -0.674. The van der Waals surface area contributed by atoms with E-state index in [4.69, 9.17) is 14.2 Å². The fourth-order valence-electron chi connectivity index (χ4n) is 3.79. The lowest BCUT2D eigenvalue weighted by Gasteiger charge is -2.28. The summed E-state index contributed by atoms with van der Waals surface area (Å²) in [4.78, 5) is 28.4. The van der Waals surface area contributed by atoms with Crippen LogP contribution in [0.1, 0.15) is 52.7 Å². The Hall–Kier alpha value is -2.76. The van der Waals surface area contributed by atoms with Gasteiger partial charge in [-0.1, -0.05) is 33.6 Å². The van der Waals surface area contributed by atoms with Crippen molar-refractivity contribution in [2.45, 2.75) is 70.9 Å². The molecule has 0 radical (unpaired) electrons. The number of hydrogen-bond donors (Lipinski definition) is 3. The van der Waals surface area contributed by atoms with Gasteiger partial charge in [-0.2, -0.15) is 5.10 Å². The van der Waals surface area contributed by atoms with E-state index >= 15 is 0 Å². The van der Waals surface area contributed by atoms with Crippen LogP contribution in [0, 0.1) is 5.92 Å². The maximum Gasteiger partial charge on any atom is 0.412 e. The van der Waals surface area contributed by atoms with Gasteiger partial charge in [0.05, 0.1) is 24.8 Å². The molecular weight excluding hydrogens is 432 g/mol. The summed E-state index contributed by atoms with van der Waals surface area (Å²) in [6, 6.07) is 3.34. The highest BCUT2D eigenvalue weighted by molar-refractivity contribution is 5.88. The number of nitrogens with one attached hydrogen (secondary N) is 1. The minimum atomic E-state index is -1.35. The van der Waals surface area contributed by atoms with Gasteiger partial charge in [-0.3, -0.25) is 10.1 Å². The van der Waals surface area contributed by atoms with Crippen molar-refractivity contribution in [1.82, 2.24) is 14.6 Å². The quantitative estimate of drug-likeness (QED) is 0.375. The zero-order valence-electron chi connectivity index (χ0n) is 19.4. The maximum absolute atomic E-state index is 12.1. The number of fused-ring (bicyclic) bond motifs is 1. The molecule has 0 bridgehead atoms. The summed E-state index contributed by atoms with van der Waals surface area (Å²) in [6.45, 7) is 6.91. The van der Waals surface area contributed by atoms with Crippen molar-refractivity contribution in [3.8, 4) is 0 Å². The number of aliphatic hydroxyl groups is 2. The molecule has 3 N–H and O–H groups in total. The lowest BCUT2D eigenvalue weighted by Crippen LogP contribution is -2.42. The third kappa shape index (κ3) is 5.10. The van der Waals surface area contributed by atoms with Gasteiger partial charge in [0.1, 0.15) is 29.7 Å². The number of hydrogen-bond acceptors (Lipinski definition) is 9. The van der Waals surface area contributed by atoms with Crippen LogP contribution in [0.15, 0.2) is 18.5 Å². The molecule has 0 unspecified atom stereocenters. The van der Waals surface area contributed by atoms with Gasteiger partial charge in [-0.05, 0) is 25.5 Å². The summed E-state index contributed by atoms with van der Waals surface area (Å²) in [5, 5.41) is 27.7. The number of anilines is 1. The average Bonchev–Trinajstić information content (AvgIpc) is 3.33. The topological polar surface area (TPSA) is 145 Å². The molecule has 1 amide bonds. The van der Waals surface area contributed by atoms with E-state index in [1.807, 2.05) is 0 Å². The van der Waals surface area contributed by atoms with E-state index in [2.05, 4.69) is 22.3 Å². The Morgan fingerprint density at radius 2 is 2.09 bits per heavy atom. The van der Waals surface area contributed by atoms with E-state index in [1.165, 1.54) is 10.8 Å². The van der Waals surface area contributed by atoms with E-state index in [0.717, 1.165) is 19.3 Å². The molecule has 1 aliphatic heterocycles. The Bertz CT molecular complexity index is 979. The Morgan fingerprint density at radius 3 is 2.76 bits per heavy atom. The van der Waals surface area contributed by atoms with Gasteiger partial charge in [0.15, 0.2) is 11.9 Å². The zero-order valence-corrected chi connectivity index (χ0v) is 19.4. The predicted molar refractivity (Wildman–Crippen MR) is 118 cm³/mol. The molecule has 0 saturated carbocycles. The molecule has 3 rings (SSSR count). The van der Waals surface area contributed by atoms with Gasteiger partial charge in [0, 0.05) is 0 Å². The first-order chi connectivity index (χ1) is 15.7. The predicted octanol–water partition coefficient (Wildman–Crippen LogP) is 2.00. The molecule has 0 aromatic carbocycles. The smallest absolute Gasteiger partial charge is 0.412 e. The van der Waals surface area contributed by atoms with E-state index in [1.54, 1.807) is 32.9 Å². The fourth-order valence-corrected chi connectivity index (χ4v) is 3.79. The number of aromatic nitrogens is 3. The number of aliphatic hydroxyl groups excluding tert-OH is 2. The van der Waals surface area contributed by atoms with Crippen LogP contribution >= 0.6 is 0 Å². The number of ether oxygens (including phenoxy) is 3. The standard InChI is InChI=1S/C22H32N4O7/c1-5-6-7-10-31-21(30)25-19-14-8-9-16(26(14)24-12-23-19)22(4)18(28)17(15(11-27)33-22)32-20(29)13(2)3/h8-9,12-13,15,17-18,27-28H,5-7,10-11H2,1-4H3,(H,23,24,25,30)/t15-,17-,18-,22+/m1/s1. The van der Waals surface area contributed by atoms with Crippen LogP contribution in [-0.2, 0) is 24.6 Å². The molecule has 33 heavy (non-hydrogen) atoms. The van der Waals surface area contributed by atoms with Crippen LogP contribution in [0.25, 0.3) is 5.52 Å². The average molecular weight is 465 g/mol. The number of amides is 1. The van der Waals surface area contributed by atoms with Crippen LogP contribution in [0.5, 0.6) is 0 Å². The molecule has 1 aliphatic rings. The molecule has 11 heteroatoms. The third-order valence-electron chi connectivity index (χ3n) is 5.70. The second kappa shape index (κ2) is 10.4. The van der Waals surface area contributed by atoms with Crippen molar-refractivity contribution >= 4 is 23.4 Å². The molecule has 2 aromatic heterocycles. The molecular formula is C22H32N4O7. The Morgan fingerprint density at radius 1 is 1.33 bits per heavy atom. The number of carbonyl (C=O) groups excluding carboxylic acids is 2. The molecule has 2 aromatic rings. The normalized spacial score (nSPS) is 24.9. The molecule has 0 aliphatic carbocycles. The first-order valence-electron chi connectivity index (χ1n) is 11.2. The SMILES string of the molecule is CCCCCOC(=O)Nc1ncnn2c([C@]3(C)O[C@H](CO)[C@@H](OC(=O)C(C)C)[C@H]3O)ccc12. The summed E-state index contributed by atoms with van der Waals surface area (Å²) in [5.41, 5.74) is -0.458. The van der Waals surface area contributed by atoms with Crippen molar-refractivity contribution in [1.29, 1.82) is 0 Å². The molecule has 0 spiro atoms. The molecule has 1 saturated heterocycles. The van der Waals surface area contributed by atoms with Gasteiger partial charge in [-0.15, -0.1) is 0 Å². The first-order valence-corrected chi connectivity index (χ1v) is 11.2.